The minimum atomic E-state index is 0.115. The molecule has 1 aromatic rings. The van der Waals surface area contributed by atoms with Gasteiger partial charge >= 0.3 is 0 Å². The fraction of sp³-hybridized carbons (Fsp3) is 0.611. The van der Waals surface area contributed by atoms with Crippen LogP contribution >= 0.6 is 0 Å². The van der Waals surface area contributed by atoms with E-state index < -0.39 is 0 Å². The van der Waals surface area contributed by atoms with Gasteiger partial charge in [0.2, 0.25) is 11.8 Å². The van der Waals surface area contributed by atoms with Crippen LogP contribution in [-0.2, 0) is 16.0 Å². The summed E-state index contributed by atoms with van der Waals surface area (Å²) in [5.41, 5.74) is 1.98. The number of rotatable bonds is 6. The number of carbonyl (C=O) groups is 2. The van der Waals surface area contributed by atoms with Gasteiger partial charge in [0.25, 0.3) is 0 Å². The normalized spacial score (nSPS) is 17.6. The van der Waals surface area contributed by atoms with Crippen molar-refractivity contribution in [1.82, 2.24) is 20.1 Å². The number of amides is 2. The molecular weight excluding hydrogens is 304 g/mol. The lowest BCUT2D eigenvalue weighted by Crippen LogP contribution is -2.43. The number of pyridine rings is 1. The lowest BCUT2D eigenvalue weighted by atomic mass is 9.94. The highest BCUT2D eigenvalue weighted by atomic mass is 16.2. The van der Waals surface area contributed by atoms with Gasteiger partial charge in [0, 0.05) is 50.9 Å². The maximum atomic E-state index is 12.1. The van der Waals surface area contributed by atoms with Crippen LogP contribution in [0.3, 0.4) is 0 Å². The first-order chi connectivity index (χ1) is 11.5. The number of aryl methyl sites for hydroxylation is 1. The predicted octanol–water partition coefficient (Wildman–Crippen LogP) is 1.03. The predicted molar refractivity (Wildman–Crippen MR) is 93.7 cm³/mol. The van der Waals surface area contributed by atoms with E-state index in [1.54, 1.807) is 26.0 Å². The summed E-state index contributed by atoms with van der Waals surface area (Å²) in [6.45, 7) is 1.94. The molecule has 0 aromatic carbocycles. The van der Waals surface area contributed by atoms with Crippen LogP contribution in [0.15, 0.2) is 18.2 Å². The third-order valence-corrected chi connectivity index (χ3v) is 4.44. The molecule has 1 saturated heterocycles. The topological polar surface area (TPSA) is 65.5 Å². The summed E-state index contributed by atoms with van der Waals surface area (Å²) in [7, 11) is 5.33. The zero-order valence-corrected chi connectivity index (χ0v) is 14.9. The standard InChI is InChI=1S/C18H28N4O2/c1-19-12-18(24)22-11-5-6-14(13-22)16-8-4-7-15(20-16)9-10-17(23)21(2)3/h4,7-8,14,19H,5-6,9-13H2,1-3H3/t14-/m1/s1. The van der Waals surface area contributed by atoms with E-state index >= 15 is 0 Å². The molecule has 1 aliphatic heterocycles. The summed E-state index contributed by atoms with van der Waals surface area (Å²) >= 11 is 0. The van der Waals surface area contributed by atoms with Crippen LogP contribution in [0.1, 0.15) is 36.6 Å². The molecule has 0 radical (unpaired) electrons. The average Bonchev–Trinajstić information content (AvgIpc) is 2.60. The quantitative estimate of drug-likeness (QED) is 0.845. The van der Waals surface area contributed by atoms with Crippen molar-refractivity contribution < 1.29 is 9.59 Å². The van der Waals surface area contributed by atoms with Gasteiger partial charge < -0.3 is 15.1 Å². The largest absolute Gasteiger partial charge is 0.349 e. The van der Waals surface area contributed by atoms with Crippen LogP contribution in [0.25, 0.3) is 0 Å². The highest BCUT2D eigenvalue weighted by Gasteiger charge is 2.25. The third kappa shape index (κ3) is 5.03. The second kappa shape index (κ2) is 8.78. The zero-order valence-electron chi connectivity index (χ0n) is 14.9. The molecule has 6 heteroatoms. The highest BCUT2D eigenvalue weighted by Crippen LogP contribution is 2.25. The molecule has 0 unspecified atom stereocenters. The molecule has 1 atom stereocenters. The molecule has 2 heterocycles. The van der Waals surface area contributed by atoms with Gasteiger partial charge in [-0.2, -0.15) is 0 Å². The third-order valence-electron chi connectivity index (χ3n) is 4.44. The summed E-state index contributed by atoms with van der Waals surface area (Å²) in [5.74, 6) is 0.544. The lowest BCUT2D eigenvalue weighted by Gasteiger charge is -2.32. The van der Waals surface area contributed by atoms with Crippen LogP contribution in [0.2, 0.25) is 0 Å². The van der Waals surface area contributed by atoms with Crippen molar-refractivity contribution in [2.45, 2.75) is 31.6 Å². The Hall–Kier alpha value is -1.95. The summed E-state index contributed by atoms with van der Waals surface area (Å²) in [5, 5.41) is 2.92. The zero-order chi connectivity index (χ0) is 17.5. The molecular formula is C18H28N4O2. The summed E-state index contributed by atoms with van der Waals surface area (Å²) in [6.07, 6.45) is 3.18. The Bertz CT molecular complexity index is 574. The minimum absolute atomic E-state index is 0.115. The van der Waals surface area contributed by atoms with Crippen molar-refractivity contribution in [3.8, 4) is 0 Å². The van der Waals surface area contributed by atoms with Crippen LogP contribution in [0.5, 0.6) is 0 Å². The first kappa shape index (κ1) is 18.4. The van der Waals surface area contributed by atoms with Crippen LogP contribution < -0.4 is 5.32 Å². The first-order valence-electron chi connectivity index (χ1n) is 8.59. The van der Waals surface area contributed by atoms with E-state index in [2.05, 4.69) is 5.32 Å². The van der Waals surface area contributed by atoms with Gasteiger partial charge in [-0.15, -0.1) is 0 Å². The number of aromatic nitrogens is 1. The molecule has 2 rings (SSSR count). The molecule has 1 N–H and O–H groups in total. The van der Waals surface area contributed by atoms with E-state index in [9.17, 15) is 9.59 Å². The van der Waals surface area contributed by atoms with Crippen molar-refractivity contribution in [1.29, 1.82) is 0 Å². The average molecular weight is 332 g/mol. The Morgan fingerprint density at radius 1 is 1.38 bits per heavy atom. The molecule has 1 aliphatic rings. The Morgan fingerprint density at radius 2 is 2.17 bits per heavy atom. The number of hydrogen-bond donors (Lipinski definition) is 1. The van der Waals surface area contributed by atoms with Crippen LogP contribution in [0.4, 0.5) is 0 Å². The van der Waals surface area contributed by atoms with Crippen LogP contribution in [0, 0.1) is 0 Å². The van der Waals surface area contributed by atoms with Gasteiger partial charge in [-0.3, -0.25) is 14.6 Å². The SMILES string of the molecule is CNCC(=O)N1CCC[C@@H](c2cccc(CCC(=O)N(C)C)n2)C1. The number of piperidine rings is 1. The maximum Gasteiger partial charge on any atom is 0.236 e. The van der Waals surface area contributed by atoms with E-state index in [-0.39, 0.29) is 17.7 Å². The molecule has 1 aromatic heterocycles. The van der Waals surface area contributed by atoms with Gasteiger partial charge in [-0.05, 0) is 38.4 Å². The van der Waals surface area contributed by atoms with Crippen molar-refractivity contribution in [2.24, 2.45) is 0 Å². The second-order valence-electron chi connectivity index (χ2n) is 6.55. The van der Waals surface area contributed by atoms with Gasteiger partial charge in [0.1, 0.15) is 0 Å². The molecule has 0 aliphatic carbocycles. The lowest BCUT2D eigenvalue weighted by molar-refractivity contribution is -0.131. The molecule has 132 valence electrons. The smallest absolute Gasteiger partial charge is 0.236 e. The van der Waals surface area contributed by atoms with Gasteiger partial charge in [0.05, 0.1) is 6.54 Å². The highest BCUT2D eigenvalue weighted by molar-refractivity contribution is 5.78. The molecule has 0 spiro atoms. The first-order valence-corrected chi connectivity index (χ1v) is 8.59. The number of hydrogen-bond acceptors (Lipinski definition) is 4. The minimum Gasteiger partial charge on any atom is -0.349 e. The summed E-state index contributed by atoms with van der Waals surface area (Å²) in [6, 6.07) is 6.01. The monoisotopic (exact) mass is 332 g/mol. The summed E-state index contributed by atoms with van der Waals surface area (Å²) < 4.78 is 0. The molecule has 0 bridgehead atoms. The molecule has 24 heavy (non-hydrogen) atoms. The molecule has 6 nitrogen and oxygen atoms in total. The van der Waals surface area contributed by atoms with Gasteiger partial charge in [-0.25, -0.2) is 0 Å². The van der Waals surface area contributed by atoms with E-state index in [0.29, 0.717) is 19.4 Å². The summed E-state index contributed by atoms with van der Waals surface area (Å²) in [4.78, 5) is 32.1. The molecule has 2 amide bonds. The second-order valence-corrected chi connectivity index (χ2v) is 6.55. The Balaban J connectivity index is 1.99. The Morgan fingerprint density at radius 3 is 2.88 bits per heavy atom. The Labute approximate surface area is 144 Å². The van der Waals surface area contributed by atoms with Gasteiger partial charge in [-0.1, -0.05) is 6.07 Å². The van der Waals surface area contributed by atoms with E-state index in [1.165, 1.54) is 0 Å². The van der Waals surface area contributed by atoms with Crippen LogP contribution in [-0.4, -0.2) is 67.4 Å². The van der Waals surface area contributed by atoms with E-state index in [0.717, 1.165) is 37.3 Å². The van der Waals surface area contributed by atoms with Gasteiger partial charge in [0.15, 0.2) is 0 Å². The maximum absolute atomic E-state index is 12.1. The Kier molecular flexibility index (Phi) is 6.73. The van der Waals surface area contributed by atoms with Crippen molar-refractivity contribution in [3.63, 3.8) is 0 Å². The van der Waals surface area contributed by atoms with Crippen molar-refractivity contribution in [2.75, 3.05) is 40.8 Å². The van der Waals surface area contributed by atoms with E-state index in [4.69, 9.17) is 4.98 Å². The number of likely N-dealkylation sites (N-methyl/N-ethyl adjacent to an activating group) is 1. The van der Waals surface area contributed by atoms with E-state index in [1.807, 2.05) is 23.1 Å². The molecule has 0 saturated carbocycles. The number of nitrogens with one attached hydrogen (secondary N) is 1. The number of carbonyl (C=O) groups excluding carboxylic acids is 2. The number of likely N-dealkylation sites (tertiary alicyclic amines) is 1. The fourth-order valence-electron chi connectivity index (χ4n) is 3.03. The molecule has 1 fully saturated rings. The van der Waals surface area contributed by atoms with Crippen molar-refractivity contribution in [3.05, 3.63) is 29.6 Å². The number of nitrogens with zero attached hydrogens (tertiary/aromatic N) is 3. The fourth-order valence-corrected chi connectivity index (χ4v) is 3.03. The van der Waals surface area contributed by atoms with Crippen molar-refractivity contribution >= 4 is 11.8 Å².